The second-order valence-corrected chi connectivity index (χ2v) is 6.72. The van der Waals surface area contributed by atoms with Crippen molar-refractivity contribution in [2.45, 2.75) is 32.4 Å². The largest absolute Gasteiger partial charge is 0.442 e. The van der Waals surface area contributed by atoms with E-state index >= 15 is 0 Å². The van der Waals surface area contributed by atoms with Gasteiger partial charge in [0, 0.05) is 12.4 Å². The Morgan fingerprint density at radius 1 is 1.26 bits per heavy atom. The van der Waals surface area contributed by atoms with Crippen LogP contribution in [0.3, 0.4) is 0 Å². The molecule has 0 aliphatic heterocycles. The van der Waals surface area contributed by atoms with Crippen molar-refractivity contribution < 1.29 is 9.32 Å². The third kappa shape index (κ3) is 3.79. The van der Waals surface area contributed by atoms with Gasteiger partial charge in [0.05, 0.1) is 6.04 Å². The van der Waals surface area contributed by atoms with Crippen LogP contribution >= 0.6 is 0 Å². The quantitative estimate of drug-likeness (QED) is 0.715. The maximum Gasteiger partial charge on any atom is 0.442 e. The van der Waals surface area contributed by atoms with Gasteiger partial charge in [0.1, 0.15) is 6.54 Å². The maximum atomic E-state index is 12.6. The van der Waals surface area contributed by atoms with Crippen molar-refractivity contribution in [1.82, 2.24) is 25.0 Å². The average Bonchev–Trinajstić information content (AvgIpc) is 3.46. The Morgan fingerprint density at radius 2 is 1.96 bits per heavy atom. The minimum Gasteiger partial charge on any atom is -0.347 e. The molecule has 3 aromatic rings. The Labute approximate surface area is 155 Å². The van der Waals surface area contributed by atoms with Gasteiger partial charge in [-0.25, -0.2) is 19.3 Å². The number of aromatic nitrogens is 4. The van der Waals surface area contributed by atoms with E-state index in [0.29, 0.717) is 5.92 Å². The number of nitrogens with one attached hydrogen (secondary N) is 1. The van der Waals surface area contributed by atoms with Gasteiger partial charge in [-0.15, -0.1) is 0 Å². The smallest absolute Gasteiger partial charge is 0.347 e. The summed E-state index contributed by atoms with van der Waals surface area (Å²) in [6.45, 7) is 1.82. The molecular weight excluding hydrogens is 346 g/mol. The van der Waals surface area contributed by atoms with Gasteiger partial charge < -0.3 is 5.32 Å². The van der Waals surface area contributed by atoms with Crippen LogP contribution in [0.2, 0.25) is 0 Å². The van der Waals surface area contributed by atoms with E-state index in [9.17, 15) is 9.59 Å². The van der Waals surface area contributed by atoms with Crippen LogP contribution in [-0.2, 0) is 11.3 Å². The molecule has 1 aromatic carbocycles. The molecule has 0 bridgehead atoms. The zero-order valence-electron chi connectivity index (χ0n) is 14.8. The number of aryl methyl sites for hydroxylation is 1. The summed E-state index contributed by atoms with van der Waals surface area (Å²) in [4.78, 5) is 32.8. The molecule has 1 fully saturated rings. The molecule has 2 aromatic heterocycles. The zero-order chi connectivity index (χ0) is 18.8. The lowest BCUT2D eigenvalue weighted by molar-refractivity contribution is -0.122. The van der Waals surface area contributed by atoms with E-state index in [-0.39, 0.29) is 30.1 Å². The van der Waals surface area contributed by atoms with Crippen molar-refractivity contribution in [1.29, 1.82) is 0 Å². The fourth-order valence-electron chi connectivity index (χ4n) is 3.02. The monoisotopic (exact) mass is 365 g/mol. The molecule has 0 radical (unpaired) electrons. The Hall–Kier alpha value is -3.29. The highest BCUT2D eigenvalue weighted by Gasteiger charge is 2.33. The van der Waals surface area contributed by atoms with E-state index in [4.69, 9.17) is 4.52 Å². The van der Waals surface area contributed by atoms with E-state index in [1.807, 2.05) is 31.2 Å². The fraction of sp³-hybridized carbons (Fsp3) is 0.316. The van der Waals surface area contributed by atoms with Gasteiger partial charge in [0.25, 0.3) is 0 Å². The Morgan fingerprint density at radius 3 is 2.63 bits per heavy atom. The summed E-state index contributed by atoms with van der Waals surface area (Å²) in [6.07, 6.45) is 5.23. The molecule has 1 saturated carbocycles. The summed E-state index contributed by atoms with van der Waals surface area (Å²) in [5, 5.41) is 6.75. The highest BCUT2D eigenvalue weighted by molar-refractivity contribution is 5.76. The van der Waals surface area contributed by atoms with Crippen molar-refractivity contribution in [3.63, 3.8) is 0 Å². The summed E-state index contributed by atoms with van der Waals surface area (Å²) in [5.74, 6) is -0.212. The maximum absolute atomic E-state index is 12.6. The van der Waals surface area contributed by atoms with Gasteiger partial charge >= 0.3 is 5.76 Å². The van der Waals surface area contributed by atoms with Crippen LogP contribution in [0.1, 0.15) is 30.0 Å². The second kappa shape index (κ2) is 7.14. The van der Waals surface area contributed by atoms with Gasteiger partial charge in [0.15, 0.2) is 5.82 Å². The van der Waals surface area contributed by atoms with Crippen LogP contribution in [0.25, 0.3) is 11.6 Å². The van der Waals surface area contributed by atoms with Crippen LogP contribution in [0.15, 0.2) is 52.0 Å². The molecule has 1 unspecified atom stereocenters. The summed E-state index contributed by atoms with van der Waals surface area (Å²) in [6, 6.07) is 9.73. The van der Waals surface area contributed by atoms with E-state index in [2.05, 4.69) is 20.4 Å². The standard InChI is InChI=1S/C19H19N5O3/c1-12-3-5-13(6-4-12)16(14-7-8-14)22-15(25)11-24-18(23-27-19(24)26)17-20-9-2-10-21-17/h2-6,9-10,14,16H,7-8,11H2,1H3,(H,22,25). The summed E-state index contributed by atoms with van der Waals surface area (Å²) in [5.41, 5.74) is 2.24. The van der Waals surface area contributed by atoms with Crippen molar-refractivity contribution in [2.75, 3.05) is 0 Å². The topological polar surface area (TPSA) is 103 Å². The number of hydrogen-bond donors (Lipinski definition) is 1. The van der Waals surface area contributed by atoms with E-state index in [0.717, 1.165) is 23.0 Å². The molecular formula is C19H19N5O3. The normalized spacial score (nSPS) is 14.7. The average molecular weight is 365 g/mol. The Kier molecular flexibility index (Phi) is 4.53. The summed E-state index contributed by atoms with van der Waals surface area (Å²) in [7, 11) is 0. The molecule has 138 valence electrons. The number of nitrogens with zero attached hydrogens (tertiary/aromatic N) is 4. The molecule has 4 rings (SSSR count). The molecule has 8 nitrogen and oxygen atoms in total. The minimum absolute atomic E-state index is 0.0647. The Bertz CT molecular complexity index is 990. The predicted octanol–water partition coefficient (Wildman–Crippen LogP) is 1.87. The Balaban J connectivity index is 1.53. The lowest BCUT2D eigenvalue weighted by Crippen LogP contribution is -2.35. The van der Waals surface area contributed by atoms with Crippen LogP contribution in [0.5, 0.6) is 0 Å². The molecule has 0 saturated heterocycles. The van der Waals surface area contributed by atoms with Crippen LogP contribution in [0.4, 0.5) is 0 Å². The molecule has 1 amide bonds. The lowest BCUT2D eigenvalue weighted by atomic mass is 10.0. The van der Waals surface area contributed by atoms with E-state index < -0.39 is 5.76 Å². The number of carbonyl (C=O) groups excluding carboxylic acids is 1. The third-order valence-electron chi connectivity index (χ3n) is 4.60. The second-order valence-electron chi connectivity index (χ2n) is 6.72. The van der Waals surface area contributed by atoms with Crippen LogP contribution < -0.4 is 11.1 Å². The zero-order valence-corrected chi connectivity index (χ0v) is 14.8. The molecule has 27 heavy (non-hydrogen) atoms. The molecule has 0 spiro atoms. The fourth-order valence-corrected chi connectivity index (χ4v) is 3.02. The molecule has 8 heteroatoms. The van der Waals surface area contributed by atoms with Crippen molar-refractivity contribution in [3.8, 4) is 11.6 Å². The molecule has 1 aliphatic carbocycles. The summed E-state index contributed by atoms with van der Waals surface area (Å²) >= 11 is 0. The number of benzene rings is 1. The molecule has 1 N–H and O–H groups in total. The van der Waals surface area contributed by atoms with Gasteiger partial charge in [-0.1, -0.05) is 35.0 Å². The first kappa shape index (κ1) is 17.1. The molecule has 2 heterocycles. The van der Waals surface area contributed by atoms with E-state index in [1.165, 1.54) is 18.0 Å². The number of rotatable bonds is 6. The highest BCUT2D eigenvalue weighted by atomic mass is 16.5. The predicted molar refractivity (Wildman–Crippen MR) is 96.6 cm³/mol. The highest BCUT2D eigenvalue weighted by Crippen LogP contribution is 2.41. The number of carbonyl (C=O) groups is 1. The first-order chi connectivity index (χ1) is 13.1. The minimum atomic E-state index is -0.717. The van der Waals surface area contributed by atoms with Crippen LogP contribution in [0, 0.1) is 12.8 Å². The first-order valence-electron chi connectivity index (χ1n) is 8.81. The van der Waals surface area contributed by atoms with Crippen molar-refractivity contribution in [2.24, 2.45) is 5.92 Å². The van der Waals surface area contributed by atoms with Gasteiger partial charge in [0.2, 0.25) is 11.7 Å². The SMILES string of the molecule is Cc1ccc(C(NC(=O)Cn2c(-c3ncccn3)noc2=O)C2CC2)cc1. The van der Waals surface area contributed by atoms with Crippen molar-refractivity contribution >= 4 is 5.91 Å². The van der Waals surface area contributed by atoms with E-state index in [1.54, 1.807) is 6.07 Å². The lowest BCUT2D eigenvalue weighted by Gasteiger charge is -2.19. The van der Waals surface area contributed by atoms with Gasteiger partial charge in [-0.3, -0.25) is 9.32 Å². The summed E-state index contributed by atoms with van der Waals surface area (Å²) < 4.78 is 5.85. The van der Waals surface area contributed by atoms with Crippen LogP contribution in [-0.4, -0.2) is 25.6 Å². The number of hydrogen-bond acceptors (Lipinski definition) is 6. The van der Waals surface area contributed by atoms with Crippen molar-refractivity contribution in [3.05, 3.63) is 64.4 Å². The van der Waals surface area contributed by atoms with Gasteiger partial charge in [-0.2, -0.15) is 0 Å². The number of amides is 1. The third-order valence-corrected chi connectivity index (χ3v) is 4.60. The molecule has 1 aliphatic rings. The first-order valence-corrected chi connectivity index (χ1v) is 8.81. The van der Waals surface area contributed by atoms with Gasteiger partial charge in [-0.05, 0) is 37.3 Å². The molecule has 1 atom stereocenters.